The molecule has 0 N–H and O–H groups in total. The summed E-state index contributed by atoms with van der Waals surface area (Å²) in [7, 11) is 0. The van der Waals surface area contributed by atoms with Gasteiger partial charge in [0, 0.05) is 42.6 Å². The van der Waals surface area contributed by atoms with Gasteiger partial charge in [-0.3, -0.25) is 4.40 Å². The van der Waals surface area contributed by atoms with E-state index in [2.05, 4.69) is 144 Å². The van der Waals surface area contributed by atoms with Crippen molar-refractivity contribution in [3.63, 3.8) is 0 Å². The summed E-state index contributed by atoms with van der Waals surface area (Å²) in [5.74, 6) is 0. The number of thiophene rings is 2. The van der Waals surface area contributed by atoms with Crippen molar-refractivity contribution in [1.29, 1.82) is 0 Å². The van der Waals surface area contributed by atoms with Crippen LogP contribution in [0.4, 0.5) is 16.4 Å². The van der Waals surface area contributed by atoms with Crippen LogP contribution in [0.2, 0.25) is 0 Å². The molecular formula is C39H26N2S2. The normalized spacial score (nSPS) is 14.4. The highest BCUT2D eigenvalue weighted by molar-refractivity contribution is 7.21. The van der Waals surface area contributed by atoms with Crippen molar-refractivity contribution in [2.75, 3.05) is 4.90 Å². The Hall–Kier alpha value is -4.64. The van der Waals surface area contributed by atoms with Gasteiger partial charge in [0.15, 0.2) is 0 Å². The van der Waals surface area contributed by atoms with Gasteiger partial charge in [-0.15, -0.1) is 22.7 Å². The summed E-state index contributed by atoms with van der Waals surface area (Å²) in [6.45, 7) is 4.71. The molecule has 4 heteroatoms. The third kappa shape index (κ3) is 2.97. The van der Waals surface area contributed by atoms with Crippen LogP contribution in [0.15, 0.2) is 121 Å². The van der Waals surface area contributed by atoms with E-state index >= 15 is 0 Å². The lowest BCUT2D eigenvalue weighted by atomic mass is 9.74. The molecule has 0 aliphatic carbocycles. The first-order valence-corrected chi connectivity index (χ1v) is 16.5. The van der Waals surface area contributed by atoms with Crippen LogP contribution in [0.25, 0.3) is 58.6 Å². The summed E-state index contributed by atoms with van der Waals surface area (Å²) in [4.78, 5) is 5.18. The van der Waals surface area contributed by atoms with Crippen molar-refractivity contribution < 1.29 is 0 Å². The van der Waals surface area contributed by atoms with Crippen LogP contribution < -0.4 is 4.90 Å². The minimum atomic E-state index is -0.0821. The van der Waals surface area contributed by atoms with Gasteiger partial charge < -0.3 is 4.90 Å². The molecule has 0 unspecified atom stereocenters. The number of benzene rings is 5. The monoisotopic (exact) mass is 586 g/mol. The molecule has 1 aliphatic rings. The molecule has 1 aliphatic heterocycles. The van der Waals surface area contributed by atoms with E-state index < -0.39 is 0 Å². The lowest BCUT2D eigenvalue weighted by Gasteiger charge is -2.41. The Morgan fingerprint density at radius 2 is 1.19 bits per heavy atom. The van der Waals surface area contributed by atoms with Crippen molar-refractivity contribution in [1.82, 2.24) is 4.40 Å². The average Bonchev–Trinajstić information content (AvgIpc) is 3.80. The molecule has 43 heavy (non-hydrogen) atoms. The lowest BCUT2D eigenvalue weighted by molar-refractivity contribution is 0.632. The van der Waals surface area contributed by atoms with E-state index in [4.69, 9.17) is 0 Å². The summed E-state index contributed by atoms with van der Waals surface area (Å²) < 4.78 is 2.48. The number of fused-ring (bicyclic) bond motifs is 9. The van der Waals surface area contributed by atoms with Crippen LogP contribution in [0, 0.1) is 0 Å². The summed E-state index contributed by atoms with van der Waals surface area (Å²) in [6.07, 6.45) is 0. The molecule has 5 heterocycles. The lowest BCUT2D eigenvalue weighted by Crippen LogP contribution is -2.30. The molecule has 9 aromatic rings. The third-order valence-corrected chi connectivity index (χ3v) is 11.8. The van der Waals surface area contributed by atoms with Gasteiger partial charge >= 0.3 is 0 Å². The van der Waals surface area contributed by atoms with E-state index in [0.717, 1.165) is 0 Å². The molecule has 4 aromatic heterocycles. The smallest absolute Gasteiger partial charge is 0.109 e. The van der Waals surface area contributed by atoms with Gasteiger partial charge in [-0.2, -0.15) is 0 Å². The number of para-hydroxylation sites is 3. The third-order valence-electron chi connectivity index (χ3n) is 9.61. The Morgan fingerprint density at radius 3 is 1.93 bits per heavy atom. The highest BCUT2D eigenvalue weighted by Gasteiger charge is 2.37. The number of aromatic nitrogens is 1. The zero-order valence-electron chi connectivity index (χ0n) is 23.8. The van der Waals surface area contributed by atoms with Crippen molar-refractivity contribution >= 4 is 87.2 Å². The van der Waals surface area contributed by atoms with Gasteiger partial charge in [0.2, 0.25) is 0 Å². The van der Waals surface area contributed by atoms with Crippen LogP contribution in [0.3, 0.4) is 0 Å². The Labute approximate surface area is 257 Å². The Kier molecular flexibility index (Phi) is 4.58. The molecule has 0 atom stereocenters. The number of rotatable bonds is 2. The fourth-order valence-corrected chi connectivity index (χ4v) is 9.89. The molecule has 5 aromatic carbocycles. The molecule has 0 radical (unpaired) electrons. The highest BCUT2D eigenvalue weighted by Crippen LogP contribution is 2.56. The van der Waals surface area contributed by atoms with Crippen LogP contribution in [-0.4, -0.2) is 4.40 Å². The maximum atomic E-state index is 2.52. The first-order valence-electron chi connectivity index (χ1n) is 14.8. The molecule has 0 fully saturated rings. The Bertz CT molecular complexity index is 2510. The molecule has 0 bridgehead atoms. The quantitative estimate of drug-likeness (QED) is 0.195. The van der Waals surface area contributed by atoms with E-state index in [9.17, 15) is 0 Å². The predicted octanol–water partition coefficient (Wildman–Crippen LogP) is 11.9. The first kappa shape index (κ1) is 23.9. The van der Waals surface area contributed by atoms with Gasteiger partial charge in [0.05, 0.1) is 22.4 Å². The predicted molar refractivity (Wildman–Crippen MR) is 187 cm³/mol. The zero-order valence-corrected chi connectivity index (χ0v) is 25.4. The largest absolute Gasteiger partial charge is 0.301 e. The Morgan fingerprint density at radius 1 is 0.581 bits per heavy atom. The molecular weight excluding hydrogens is 561 g/mol. The summed E-state index contributed by atoms with van der Waals surface area (Å²) in [6, 6.07) is 42.9. The first-order chi connectivity index (χ1) is 21.1. The number of nitrogens with zero attached hydrogens (tertiary/aromatic N) is 2. The van der Waals surface area contributed by atoms with E-state index in [1.54, 1.807) is 0 Å². The second-order valence-corrected chi connectivity index (χ2v) is 14.1. The Balaban J connectivity index is 1.30. The van der Waals surface area contributed by atoms with E-state index in [1.165, 1.54) is 86.1 Å². The minimum absolute atomic E-state index is 0.0821. The second kappa shape index (κ2) is 8.25. The molecule has 2 nitrogen and oxygen atoms in total. The minimum Gasteiger partial charge on any atom is -0.301 e. The second-order valence-electron chi connectivity index (χ2n) is 12.2. The van der Waals surface area contributed by atoms with Crippen molar-refractivity contribution in [2.24, 2.45) is 0 Å². The summed E-state index contributed by atoms with van der Waals surface area (Å²) in [5, 5.41) is 11.4. The molecule has 0 amide bonds. The van der Waals surface area contributed by atoms with Gasteiger partial charge in [-0.1, -0.05) is 92.7 Å². The van der Waals surface area contributed by atoms with Crippen molar-refractivity contribution in [3.05, 3.63) is 132 Å². The van der Waals surface area contributed by atoms with Crippen LogP contribution in [-0.2, 0) is 5.41 Å². The van der Waals surface area contributed by atoms with Gasteiger partial charge in [-0.25, -0.2) is 0 Å². The SMILES string of the molecule is CC1(C)c2ccccc2N(c2sc(-c3cc4c5ccccc5n5c6sccc6c(c3)c45)c3ccccc23)c2ccccc21. The van der Waals surface area contributed by atoms with E-state index in [-0.39, 0.29) is 5.41 Å². The molecule has 204 valence electrons. The fourth-order valence-electron chi connectivity index (χ4n) is 7.67. The van der Waals surface area contributed by atoms with Crippen LogP contribution in [0.5, 0.6) is 0 Å². The van der Waals surface area contributed by atoms with Crippen LogP contribution >= 0.6 is 22.7 Å². The topological polar surface area (TPSA) is 7.65 Å². The number of hydrogen-bond donors (Lipinski definition) is 0. The summed E-state index contributed by atoms with van der Waals surface area (Å²) in [5.41, 5.74) is 9.10. The highest BCUT2D eigenvalue weighted by atomic mass is 32.1. The van der Waals surface area contributed by atoms with Crippen LogP contribution in [0.1, 0.15) is 25.0 Å². The van der Waals surface area contributed by atoms with E-state index in [1.807, 2.05) is 22.7 Å². The molecule has 10 rings (SSSR count). The maximum absolute atomic E-state index is 2.52. The van der Waals surface area contributed by atoms with Crippen molar-refractivity contribution in [2.45, 2.75) is 19.3 Å². The molecule has 0 saturated carbocycles. The van der Waals surface area contributed by atoms with Gasteiger partial charge in [0.1, 0.15) is 9.83 Å². The summed E-state index contributed by atoms with van der Waals surface area (Å²) >= 11 is 3.75. The zero-order chi connectivity index (χ0) is 28.4. The van der Waals surface area contributed by atoms with E-state index in [0.29, 0.717) is 0 Å². The maximum Gasteiger partial charge on any atom is 0.109 e. The fraction of sp³-hybridized carbons (Fsp3) is 0.0769. The van der Waals surface area contributed by atoms with Gasteiger partial charge in [-0.05, 0) is 58.5 Å². The average molecular weight is 587 g/mol. The van der Waals surface area contributed by atoms with Gasteiger partial charge in [0.25, 0.3) is 0 Å². The van der Waals surface area contributed by atoms with Crippen molar-refractivity contribution in [3.8, 4) is 10.4 Å². The number of anilines is 3. The molecule has 0 spiro atoms. The standard InChI is InChI=1S/C39H26N2S2/c1-39(2)30-14-6-9-17-33(30)40(34-18-10-7-15-31(34)39)38-26-13-4-3-12-25(26)36(43-38)23-21-28-24-11-5-8-16-32(24)41-35(28)29(22-23)27-19-20-42-37(27)41/h3-22H,1-2H3. The number of hydrogen-bond acceptors (Lipinski definition) is 3. The molecule has 0 saturated heterocycles.